The van der Waals surface area contributed by atoms with Crippen molar-refractivity contribution in [3.63, 3.8) is 0 Å². The predicted molar refractivity (Wildman–Crippen MR) is 143 cm³/mol. The van der Waals surface area contributed by atoms with Crippen LogP contribution < -0.4 is 20.7 Å². The molecule has 5 rings (SSSR count). The summed E-state index contributed by atoms with van der Waals surface area (Å²) >= 11 is 0. The van der Waals surface area contributed by atoms with Crippen LogP contribution in [0.1, 0.15) is 42.6 Å². The molecule has 3 atom stereocenters. The van der Waals surface area contributed by atoms with Crippen molar-refractivity contribution in [1.29, 1.82) is 5.26 Å². The van der Waals surface area contributed by atoms with Gasteiger partial charge >= 0.3 is 0 Å². The molecule has 1 aromatic carbocycles. The van der Waals surface area contributed by atoms with Crippen molar-refractivity contribution in [1.82, 2.24) is 25.8 Å². The van der Waals surface area contributed by atoms with Gasteiger partial charge in [0.25, 0.3) is 5.91 Å². The maximum Gasteiger partial charge on any atom is 0.268 e. The Morgan fingerprint density at radius 2 is 2.00 bits per heavy atom. The number of aromatic amines is 1. The molecule has 1 aliphatic carbocycles. The number of fused-ring (bicyclic) bond motifs is 1. The third kappa shape index (κ3) is 7.07. The van der Waals surface area contributed by atoms with Gasteiger partial charge < -0.3 is 30.4 Å². The second-order valence-corrected chi connectivity index (χ2v) is 10.6. The average Bonchev–Trinajstić information content (AvgIpc) is 3.50. The van der Waals surface area contributed by atoms with E-state index in [1.165, 1.54) is 0 Å². The molecule has 2 aromatic rings. The van der Waals surface area contributed by atoms with E-state index in [-0.39, 0.29) is 18.2 Å². The zero-order chi connectivity index (χ0) is 27.2. The fraction of sp³-hybridized carbons (Fsp3) is 0.571. The van der Waals surface area contributed by atoms with Crippen molar-refractivity contribution in [3.8, 4) is 11.8 Å². The van der Waals surface area contributed by atoms with Crippen LogP contribution in [0.5, 0.6) is 5.75 Å². The van der Waals surface area contributed by atoms with Crippen molar-refractivity contribution in [3.05, 3.63) is 30.0 Å². The minimum Gasteiger partial charge on any atom is -0.492 e. The standard InChI is InChI=1S/C28H36N6O5/c29-17-20(15-19-6-7-30-26(19)35)31-27(36)23(14-18-4-5-18)33-28(37)24-16-21-22(32-24)2-1-3-25(21)39-13-10-34-8-11-38-12-9-34/h1-3,16,18-20,23,32H,4-15H2,(H,30,35)(H,31,36)(H,33,37)/t19-,20-,23-/m0/s1. The Balaban J connectivity index is 1.21. The zero-order valence-electron chi connectivity index (χ0n) is 22.0. The molecular weight excluding hydrogens is 500 g/mol. The number of H-pyrrole nitrogens is 1. The normalized spacial score (nSPS) is 21.1. The van der Waals surface area contributed by atoms with Crippen molar-refractivity contribution in [2.45, 2.75) is 44.2 Å². The summed E-state index contributed by atoms with van der Waals surface area (Å²) in [6.07, 6.45) is 3.45. The summed E-state index contributed by atoms with van der Waals surface area (Å²) in [5, 5.41) is 18.8. The van der Waals surface area contributed by atoms with E-state index >= 15 is 0 Å². The van der Waals surface area contributed by atoms with Gasteiger partial charge in [-0.2, -0.15) is 5.26 Å². The van der Waals surface area contributed by atoms with Crippen LogP contribution in [0.15, 0.2) is 24.3 Å². The van der Waals surface area contributed by atoms with Crippen molar-refractivity contribution in [2.75, 3.05) is 46.0 Å². The number of carbonyl (C=O) groups is 3. The number of hydrogen-bond acceptors (Lipinski definition) is 7. The number of nitrogens with one attached hydrogen (secondary N) is 4. The molecule has 11 heteroatoms. The van der Waals surface area contributed by atoms with Crippen LogP contribution in [-0.4, -0.2) is 85.7 Å². The summed E-state index contributed by atoms with van der Waals surface area (Å²) in [6.45, 7) is 5.16. The number of nitriles is 1. The molecule has 1 saturated carbocycles. The van der Waals surface area contributed by atoms with Gasteiger partial charge in [0.15, 0.2) is 0 Å². The van der Waals surface area contributed by atoms with Crippen LogP contribution >= 0.6 is 0 Å². The molecule has 3 aliphatic rings. The zero-order valence-corrected chi connectivity index (χ0v) is 22.0. The third-order valence-electron chi connectivity index (χ3n) is 7.68. The molecule has 3 amide bonds. The van der Waals surface area contributed by atoms with Crippen LogP contribution in [0.25, 0.3) is 10.9 Å². The molecule has 0 bridgehead atoms. The van der Waals surface area contributed by atoms with Crippen LogP contribution in [0.3, 0.4) is 0 Å². The Kier molecular flexibility index (Phi) is 8.64. The Hall–Kier alpha value is -3.62. The molecule has 2 aliphatic heterocycles. The molecule has 0 radical (unpaired) electrons. The quantitative estimate of drug-likeness (QED) is 0.320. The first-order valence-electron chi connectivity index (χ1n) is 13.8. The number of ether oxygens (including phenoxy) is 2. The fourth-order valence-electron chi connectivity index (χ4n) is 5.21. The van der Waals surface area contributed by atoms with E-state index in [1.54, 1.807) is 6.07 Å². The lowest BCUT2D eigenvalue weighted by Crippen LogP contribution is -2.50. The molecule has 11 nitrogen and oxygen atoms in total. The Bertz CT molecular complexity index is 1230. The van der Waals surface area contributed by atoms with Gasteiger partial charge in [-0.15, -0.1) is 0 Å². The molecule has 0 spiro atoms. The van der Waals surface area contributed by atoms with Crippen LogP contribution in [0.2, 0.25) is 0 Å². The minimum atomic E-state index is -0.796. The van der Waals surface area contributed by atoms with Crippen LogP contribution in [-0.2, 0) is 14.3 Å². The number of morpholine rings is 1. The van der Waals surface area contributed by atoms with E-state index < -0.39 is 23.9 Å². The van der Waals surface area contributed by atoms with Gasteiger partial charge in [0.2, 0.25) is 11.8 Å². The van der Waals surface area contributed by atoms with Gasteiger partial charge in [0.05, 0.1) is 19.3 Å². The number of aromatic nitrogens is 1. The van der Waals surface area contributed by atoms with Gasteiger partial charge in [-0.05, 0) is 43.4 Å². The maximum atomic E-state index is 13.2. The van der Waals surface area contributed by atoms with Crippen molar-refractivity contribution >= 4 is 28.6 Å². The van der Waals surface area contributed by atoms with E-state index in [2.05, 4.69) is 31.9 Å². The molecule has 0 unspecified atom stereocenters. The van der Waals surface area contributed by atoms with Gasteiger partial charge in [-0.1, -0.05) is 18.9 Å². The highest BCUT2D eigenvalue weighted by Gasteiger charge is 2.33. The molecule has 3 heterocycles. The first kappa shape index (κ1) is 27.0. The Morgan fingerprint density at radius 3 is 2.72 bits per heavy atom. The highest BCUT2D eigenvalue weighted by Crippen LogP contribution is 2.34. The van der Waals surface area contributed by atoms with E-state index in [9.17, 15) is 19.6 Å². The first-order chi connectivity index (χ1) is 19.0. The number of rotatable bonds is 12. The SMILES string of the molecule is N#C[C@H](C[C@@H]1CCNC1=O)NC(=O)[C@H](CC1CC1)NC(=O)c1cc2c(OCCN3CCOCC3)cccc2[nH]1. The number of amides is 3. The molecule has 208 valence electrons. The van der Waals surface area contributed by atoms with Crippen molar-refractivity contribution in [2.24, 2.45) is 11.8 Å². The number of carbonyl (C=O) groups excluding carboxylic acids is 3. The van der Waals surface area contributed by atoms with Gasteiger partial charge in [0, 0.05) is 43.0 Å². The van der Waals surface area contributed by atoms with E-state index in [0.717, 1.165) is 56.6 Å². The summed E-state index contributed by atoms with van der Waals surface area (Å²) < 4.78 is 11.4. The summed E-state index contributed by atoms with van der Waals surface area (Å²) in [5.74, 6) is -0.107. The third-order valence-corrected chi connectivity index (χ3v) is 7.68. The summed E-state index contributed by atoms with van der Waals surface area (Å²) in [6, 6.07) is 7.92. The maximum absolute atomic E-state index is 13.2. The van der Waals surface area contributed by atoms with Gasteiger partial charge in [-0.25, -0.2) is 0 Å². The molecule has 4 N–H and O–H groups in total. The summed E-state index contributed by atoms with van der Waals surface area (Å²) in [5.41, 5.74) is 1.11. The van der Waals surface area contributed by atoms with E-state index in [4.69, 9.17) is 9.47 Å². The highest BCUT2D eigenvalue weighted by molar-refractivity contribution is 6.01. The number of hydrogen-bond donors (Lipinski definition) is 4. The molecular formula is C28H36N6O5. The fourth-order valence-corrected chi connectivity index (χ4v) is 5.21. The first-order valence-corrected chi connectivity index (χ1v) is 13.8. The lowest BCUT2D eigenvalue weighted by Gasteiger charge is -2.26. The van der Waals surface area contributed by atoms with E-state index in [1.807, 2.05) is 18.2 Å². The van der Waals surface area contributed by atoms with E-state index in [0.29, 0.717) is 43.4 Å². The Morgan fingerprint density at radius 1 is 1.18 bits per heavy atom. The minimum absolute atomic E-state index is 0.0874. The topological polar surface area (TPSA) is 149 Å². The summed E-state index contributed by atoms with van der Waals surface area (Å²) in [7, 11) is 0. The van der Waals surface area contributed by atoms with Gasteiger partial charge in [-0.3, -0.25) is 19.3 Å². The largest absolute Gasteiger partial charge is 0.492 e. The molecule has 39 heavy (non-hydrogen) atoms. The Labute approximate surface area is 227 Å². The number of nitrogens with zero attached hydrogens (tertiary/aromatic N) is 2. The monoisotopic (exact) mass is 536 g/mol. The molecule has 1 aromatic heterocycles. The highest BCUT2D eigenvalue weighted by atomic mass is 16.5. The van der Waals surface area contributed by atoms with Gasteiger partial charge in [0.1, 0.15) is 30.1 Å². The smallest absolute Gasteiger partial charge is 0.268 e. The predicted octanol–water partition coefficient (Wildman–Crippen LogP) is 1.31. The average molecular weight is 537 g/mol. The molecule has 3 fully saturated rings. The van der Waals surface area contributed by atoms with Crippen LogP contribution in [0, 0.1) is 23.2 Å². The second-order valence-electron chi connectivity index (χ2n) is 10.6. The summed E-state index contributed by atoms with van der Waals surface area (Å²) in [4.78, 5) is 43.8. The molecule has 2 saturated heterocycles. The lowest BCUT2D eigenvalue weighted by molar-refractivity contribution is -0.125. The second kappa shape index (κ2) is 12.5. The lowest BCUT2D eigenvalue weighted by atomic mass is 9.98. The van der Waals surface area contributed by atoms with Crippen LogP contribution in [0.4, 0.5) is 0 Å². The van der Waals surface area contributed by atoms with Crippen molar-refractivity contribution < 1.29 is 23.9 Å². The number of benzene rings is 1.